The van der Waals surface area contributed by atoms with Crippen molar-refractivity contribution in [3.8, 4) is 11.5 Å². The molecule has 1 fully saturated rings. The van der Waals surface area contributed by atoms with E-state index in [-0.39, 0.29) is 24.5 Å². The number of hydrogen-bond donors (Lipinski definition) is 2. The van der Waals surface area contributed by atoms with E-state index in [1.54, 1.807) is 48.5 Å². The molecule has 0 spiro atoms. The van der Waals surface area contributed by atoms with Gasteiger partial charge in [-0.25, -0.2) is 0 Å². The zero-order chi connectivity index (χ0) is 24.7. The van der Waals surface area contributed by atoms with E-state index < -0.39 is 17.7 Å². The third-order valence-electron chi connectivity index (χ3n) is 5.52. The highest BCUT2D eigenvalue weighted by Crippen LogP contribution is 2.40. The molecule has 1 amide bonds. The number of aliphatic hydroxyl groups is 2. The number of nitrogens with zero attached hydrogens (tertiary/aromatic N) is 1. The summed E-state index contributed by atoms with van der Waals surface area (Å²) in [5.41, 5.74) is 1.10. The number of benzene rings is 2. The van der Waals surface area contributed by atoms with Crippen molar-refractivity contribution in [3.05, 3.63) is 65.2 Å². The van der Waals surface area contributed by atoms with Gasteiger partial charge < -0.3 is 24.6 Å². The standard InChI is InChI=1S/C27H33NO6/c1-4-5-12-28-24(19-8-6-10-21(15-19)33-14-13-29)23(26(31)27(28)32)25(30)20-9-7-11-22(16-20)34-17-18(2)3/h6-11,15-16,18,24,29-30H,4-5,12-14,17H2,1-3H3/b25-23-. The molecule has 7 nitrogen and oxygen atoms in total. The van der Waals surface area contributed by atoms with E-state index in [1.165, 1.54) is 4.90 Å². The van der Waals surface area contributed by atoms with Crippen molar-refractivity contribution in [2.75, 3.05) is 26.4 Å². The fourth-order valence-corrected chi connectivity index (χ4v) is 3.88. The van der Waals surface area contributed by atoms with Gasteiger partial charge in [0.25, 0.3) is 11.7 Å². The minimum atomic E-state index is -0.746. The molecule has 1 unspecified atom stereocenters. The summed E-state index contributed by atoms with van der Waals surface area (Å²) in [6, 6.07) is 13.2. The number of ether oxygens (including phenoxy) is 2. The molecule has 1 saturated heterocycles. The van der Waals surface area contributed by atoms with Gasteiger partial charge in [0, 0.05) is 12.1 Å². The summed E-state index contributed by atoms with van der Waals surface area (Å²) >= 11 is 0. The molecular weight excluding hydrogens is 434 g/mol. The predicted molar refractivity (Wildman–Crippen MR) is 130 cm³/mol. The molecule has 1 heterocycles. The van der Waals surface area contributed by atoms with Gasteiger partial charge in [0.1, 0.15) is 23.9 Å². The molecule has 2 aromatic carbocycles. The van der Waals surface area contributed by atoms with Gasteiger partial charge in [-0.2, -0.15) is 0 Å². The molecule has 0 aliphatic carbocycles. The first-order valence-corrected chi connectivity index (χ1v) is 11.7. The second-order valence-corrected chi connectivity index (χ2v) is 8.72. The maximum atomic E-state index is 13.1. The predicted octanol–water partition coefficient (Wildman–Crippen LogP) is 4.31. The Morgan fingerprint density at radius 2 is 1.76 bits per heavy atom. The fraction of sp³-hybridized carbons (Fsp3) is 0.407. The normalized spacial score (nSPS) is 17.4. The van der Waals surface area contributed by atoms with Gasteiger partial charge in [-0.3, -0.25) is 9.59 Å². The Balaban J connectivity index is 2.07. The molecular formula is C27H33NO6. The molecule has 2 N–H and O–H groups in total. The molecule has 2 aromatic rings. The van der Waals surface area contributed by atoms with E-state index >= 15 is 0 Å². The number of rotatable bonds is 11. The van der Waals surface area contributed by atoms with E-state index in [2.05, 4.69) is 0 Å². The van der Waals surface area contributed by atoms with Crippen molar-refractivity contribution >= 4 is 17.4 Å². The first-order valence-electron chi connectivity index (χ1n) is 11.7. The lowest BCUT2D eigenvalue weighted by Gasteiger charge is -2.25. The van der Waals surface area contributed by atoms with Crippen molar-refractivity contribution < 1.29 is 29.3 Å². The number of hydrogen-bond acceptors (Lipinski definition) is 6. The average molecular weight is 468 g/mol. The van der Waals surface area contributed by atoms with E-state index in [0.717, 1.165) is 12.8 Å². The van der Waals surface area contributed by atoms with Crippen LogP contribution in [-0.2, 0) is 9.59 Å². The van der Waals surface area contributed by atoms with Crippen molar-refractivity contribution in [2.24, 2.45) is 5.92 Å². The lowest BCUT2D eigenvalue weighted by Crippen LogP contribution is -2.30. The number of aliphatic hydroxyl groups excluding tert-OH is 2. The van der Waals surface area contributed by atoms with Crippen LogP contribution in [0.25, 0.3) is 5.76 Å². The SMILES string of the molecule is CCCCN1C(=O)C(=O)/C(=C(\O)c2cccc(OCC(C)C)c2)C1c1cccc(OCCO)c1. The van der Waals surface area contributed by atoms with Gasteiger partial charge >= 0.3 is 0 Å². The Kier molecular flexibility index (Phi) is 8.71. The number of unbranched alkanes of at least 4 members (excludes halogenated alkanes) is 1. The molecule has 1 atom stereocenters. The third-order valence-corrected chi connectivity index (χ3v) is 5.52. The van der Waals surface area contributed by atoms with Crippen LogP contribution in [0.5, 0.6) is 11.5 Å². The summed E-state index contributed by atoms with van der Waals surface area (Å²) in [4.78, 5) is 27.6. The Hall–Kier alpha value is -3.32. The van der Waals surface area contributed by atoms with E-state index in [1.807, 2.05) is 20.8 Å². The van der Waals surface area contributed by atoms with Gasteiger partial charge in [-0.1, -0.05) is 51.5 Å². The molecule has 3 rings (SSSR count). The number of carbonyl (C=O) groups is 2. The monoisotopic (exact) mass is 467 g/mol. The highest BCUT2D eigenvalue weighted by atomic mass is 16.5. The average Bonchev–Trinajstić information content (AvgIpc) is 3.09. The molecule has 0 saturated carbocycles. The first-order chi connectivity index (χ1) is 16.4. The zero-order valence-corrected chi connectivity index (χ0v) is 20.0. The van der Waals surface area contributed by atoms with Gasteiger partial charge in [0.15, 0.2) is 0 Å². The van der Waals surface area contributed by atoms with Crippen LogP contribution >= 0.6 is 0 Å². The van der Waals surface area contributed by atoms with E-state index in [9.17, 15) is 14.7 Å². The van der Waals surface area contributed by atoms with Crippen molar-refractivity contribution in [1.29, 1.82) is 0 Å². The smallest absolute Gasteiger partial charge is 0.295 e. The highest BCUT2D eigenvalue weighted by molar-refractivity contribution is 6.46. The van der Waals surface area contributed by atoms with Crippen LogP contribution in [0.3, 0.4) is 0 Å². The van der Waals surface area contributed by atoms with Crippen LogP contribution in [-0.4, -0.2) is 53.2 Å². The number of Topliss-reactive ketones (excluding diaryl/α,β-unsaturated/α-hetero) is 1. The number of carbonyl (C=O) groups excluding carboxylic acids is 2. The molecule has 0 radical (unpaired) electrons. The first kappa shape index (κ1) is 25.3. The summed E-state index contributed by atoms with van der Waals surface area (Å²) in [7, 11) is 0. The second kappa shape index (κ2) is 11.7. The summed E-state index contributed by atoms with van der Waals surface area (Å²) in [6.07, 6.45) is 1.58. The molecule has 182 valence electrons. The van der Waals surface area contributed by atoms with Gasteiger partial charge in [0.05, 0.1) is 24.8 Å². The number of amides is 1. The molecule has 0 aromatic heterocycles. The van der Waals surface area contributed by atoms with Gasteiger partial charge in [0.2, 0.25) is 0 Å². The van der Waals surface area contributed by atoms with Crippen molar-refractivity contribution in [1.82, 2.24) is 4.90 Å². The van der Waals surface area contributed by atoms with Crippen LogP contribution < -0.4 is 9.47 Å². The third kappa shape index (κ3) is 5.78. The van der Waals surface area contributed by atoms with Crippen molar-refractivity contribution in [3.63, 3.8) is 0 Å². The van der Waals surface area contributed by atoms with Crippen LogP contribution in [0.2, 0.25) is 0 Å². The molecule has 1 aliphatic rings. The molecule has 1 aliphatic heterocycles. The van der Waals surface area contributed by atoms with Crippen LogP contribution in [0.1, 0.15) is 50.8 Å². The van der Waals surface area contributed by atoms with Gasteiger partial charge in [-0.05, 0) is 42.2 Å². The van der Waals surface area contributed by atoms with Crippen LogP contribution in [0.15, 0.2) is 54.1 Å². The fourth-order valence-electron chi connectivity index (χ4n) is 3.88. The zero-order valence-electron chi connectivity index (χ0n) is 20.0. The molecule has 0 bridgehead atoms. The minimum Gasteiger partial charge on any atom is -0.507 e. The lowest BCUT2D eigenvalue weighted by molar-refractivity contribution is -0.139. The van der Waals surface area contributed by atoms with Crippen molar-refractivity contribution in [2.45, 2.75) is 39.7 Å². The maximum Gasteiger partial charge on any atom is 0.295 e. The maximum absolute atomic E-state index is 13.1. The minimum absolute atomic E-state index is 0.0430. The van der Waals surface area contributed by atoms with Crippen LogP contribution in [0, 0.1) is 5.92 Å². The largest absolute Gasteiger partial charge is 0.507 e. The van der Waals surface area contributed by atoms with E-state index in [4.69, 9.17) is 14.6 Å². The topological polar surface area (TPSA) is 96.3 Å². The molecule has 34 heavy (non-hydrogen) atoms. The van der Waals surface area contributed by atoms with Crippen LogP contribution in [0.4, 0.5) is 0 Å². The lowest BCUT2D eigenvalue weighted by atomic mass is 9.95. The summed E-state index contributed by atoms with van der Waals surface area (Å²) in [5, 5.41) is 20.3. The van der Waals surface area contributed by atoms with Gasteiger partial charge in [-0.15, -0.1) is 0 Å². The number of ketones is 1. The summed E-state index contributed by atoms with van der Waals surface area (Å²) < 4.78 is 11.3. The Morgan fingerprint density at radius 1 is 1.06 bits per heavy atom. The molecule has 7 heteroatoms. The Bertz CT molecular complexity index is 1040. The Labute approximate surface area is 200 Å². The second-order valence-electron chi connectivity index (χ2n) is 8.72. The summed E-state index contributed by atoms with van der Waals surface area (Å²) in [6.45, 7) is 7.00. The highest BCUT2D eigenvalue weighted by Gasteiger charge is 2.45. The number of likely N-dealkylation sites (tertiary alicyclic amines) is 1. The summed E-state index contributed by atoms with van der Waals surface area (Å²) in [5.74, 6) is -0.159. The van der Waals surface area contributed by atoms with E-state index in [0.29, 0.717) is 41.7 Å². The quantitative estimate of drug-likeness (QED) is 0.290. The Morgan fingerprint density at radius 3 is 2.44 bits per heavy atom.